The molecule has 1 aliphatic rings. The summed E-state index contributed by atoms with van der Waals surface area (Å²) in [7, 11) is 1.69. The quantitative estimate of drug-likeness (QED) is 0.776. The van der Waals surface area contributed by atoms with Gasteiger partial charge in [0.25, 0.3) is 0 Å². The van der Waals surface area contributed by atoms with Crippen LogP contribution in [-0.2, 0) is 33.8 Å². The molecule has 0 fully saturated rings. The third kappa shape index (κ3) is 3.63. The van der Waals surface area contributed by atoms with E-state index in [1.807, 2.05) is 18.5 Å². The van der Waals surface area contributed by atoms with Gasteiger partial charge >= 0.3 is 0 Å². The number of nitrogens with zero attached hydrogens (tertiary/aromatic N) is 3. The van der Waals surface area contributed by atoms with E-state index < -0.39 is 0 Å². The molecule has 0 saturated carbocycles. The molecule has 126 valence electrons. The van der Waals surface area contributed by atoms with E-state index in [0.717, 1.165) is 35.7 Å². The van der Waals surface area contributed by atoms with Crippen LogP contribution in [0.1, 0.15) is 34.4 Å². The van der Waals surface area contributed by atoms with Crippen LogP contribution in [0.15, 0.2) is 10.7 Å². The minimum atomic E-state index is -0.122. The van der Waals surface area contributed by atoms with Crippen molar-refractivity contribution >= 4 is 0 Å². The lowest BCUT2D eigenvalue weighted by Crippen LogP contribution is -2.20. The number of fused-ring (bicyclic) bond motifs is 1. The summed E-state index contributed by atoms with van der Waals surface area (Å²) in [6.07, 6.45) is 2.85. The Bertz CT molecular complexity index is 630. The van der Waals surface area contributed by atoms with Crippen LogP contribution in [0, 0.1) is 13.8 Å². The van der Waals surface area contributed by atoms with Gasteiger partial charge in [0.1, 0.15) is 11.9 Å². The van der Waals surface area contributed by atoms with E-state index in [0.29, 0.717) is 26.4 Å². The highest BCUT2D eigenvalue weighted by Gasteiger charge is 2.25. The predicted octanol–water partition coefficient (Wildman–Crippen LogP) is 1.96. The standard InChI is InChI=1S/C16H23N3O4/c1-11-14(12(2)23-18-11)9-21-10-15-16-13(4-6-22-15)8-19(17-16)5-7-20-3/h8,15H,4-7,9-10H2,1-3H3/t15-/m1/s1. The molecule has 1 atom stereocenters. The summed E-state index contributed by atoms with van der Waals surface area (Å²) in [6.45, 7) is 6.85. The summed E-state index contributed by atoms with van der Waals surface area (Å²) in [5.74, 6) is 0.802. The second-order valence-corrected chi connectivity index (χ2v) is 5.72. The fourth-order valence-corrected chi connectivity index (χ4v) is 2.73. The summed E-state index contributed by atoms with van der Waals surface area (Å²) in [5.41, 5.74) is 4.09. The fraction of sp³-hybridized carbons (Fsp3) is 0.625. The first-order chi connectivity index (χ1) is 11.2. The Hall–Kier alpha value is -1.70. The molecule has 2 aromatic heterocycles. The molecule has 3 heterocycles. The molecule has 2 aromatic rings. The number of aryl methyl sites for hydroxylation is 2. The van der Waals surface area contributed by atoms with Gasteiger partial charge in [-0.3, -0.25) is 4.68 Å². The maximum Gasteiger partial charge on any atom is 0.139 e. The van der Waals surface area contributed by atoms with Crippen molar-refractivity contribution in [3.05, 3.63) is 34.5 Å². The van der Waals surface area contributed by atoms with E-state index in [-0.39, 0.29) is 6.10 Å². The highest BCUT2D eigenvalue weighted by molar-refractivity contribution is 5.22. The van der Waals surface area contributed by atoms with Gasteiger partial charge in [-0.25, -0.2) is 0 Å². The molecule has 0 unspecified atom stereocenters. The van der Waals surface area contributed by atoms with Gasteiger partial charge in [0, 0.05) is 18.9 Å². The van der Waals surface area contributed by atoms with Crippen molar-refractivity contribution < 1.29 is 18.7 Å². The second-order valence-electron chi connectivity index (χ2n) is 5.72. The van der Waals surface area contributed by atoms with E-state index in [2.05, 4.69) is 16.5 Å². The first-order valence-electron chi connectivity index (χ1n) is 7.85. The van der Waals surface area contributed by atoms with Crippen LogP contribution in [0.3, 0.4) is 0 Å². The van der Waals surface area contributed by atoms with Gasteiger partial charge in [-0.2, -0.15) is 5.10 Å². The normalized spacial score (nSPS) is 17.4. The first-order valence-corrected chi connectivity index (χ1v) is 7.85. The zero-order valence-corrected chi connectivity index (χ0v) is 13.9. The average Bonchev–Trinajstić information content (AvgIpc) is 3.10. The predicted molar refractivity (Wildman–Crippen MR) is 82.1 cm³/mol. The van der Waals surface area contributed by atoms with Gasteiger partial charge in [0.2, 0.25) is 0 Å². The largest absolute Gasteiger partial charge is 0.383 e. The Morgan fingerprint density at radius 3 is 3.00 bits per heavy atom. The molecular weight excluding hydrogens is 298 g/mol. The number of rotatable bonds is 7. The molecule has 3 rings (SSSR count). The van der Waals surface area contributed by atoms with Crippen LogP contribution >= 0.6 is 0 Å². The van der Waals surface area contributed by atoms with Gasteiger partial charge in [-0.05, 0) is 25.8 Å². The smallest absolute Gasteiger partial charge is 0.139 e. The van der Waals surface area contributed by atoms with Crippen molar-refractivity contribution in [2.75, 3.05) is 26.9 Å². The van der Waals surface area contributed by atoms with Crippen LogP contribution in [0.2, 0.25) is 0 Å². The molecule has 7 heteroatoms. The van der Waals surface area contributed by atoms with Crippen molar-refractivity contribution in [3.8, 4) is 0 Å². The highest BCUT2D eigenvalue weighted by atomic mass is 16.5. The van der Waals surface area contributed by atoms with Crippen LogP contribution < -0.4 is 0 Å². The molecule has 0 radical (unpaired) electrons. The Kier molecular flexibility index (Phi) is 5.09. The summed E-state index contributed by atoms with van der Waals surface area (Å²) in [5, 5.41) is 8.56. The van der Waals surface area contributed by atoms with Crippen molar-refractivity contribution in [2.24, 2.45) is 0 Å². The van der Waals surface area contributed by atoms with Gasteiger partial charge in [0.15, 0.2) is 0 Å². The molecule has 7 nitrogen and oxygen atoms in total. The lowest BCUT2D eigenvalue weighted by molar-refractivity contribution is -0.0324. The lowest BCUT2D eigenvalue weighted by Gasteiger charge is -2.21. The van der Waals surface area contributed by atoms with E-state index in [1.54, 1.807) is 7.11 Å². The topological polar surface area (TPSA) is 71.5 Å². The zero-order chi connectivity index (χ0) is 16.2. The average molecular weight is 321 g/mol. The molecule has 23 heavy (non-hydrogen) atoms. The van der Waals surface area contributed by atoms with Crippen LogP contribution in [0.5, 0.6) is 0 Å². The second kappa shape index (κ2) is 7.25. The molecule has 0 bridgehead atoms. The molecule has 0 spiro atoms. The Balaban J connectivity index is 1.60. The molecule has 0 aromatic carbocycles. The SMILES string of the molecule is COCCn1cc2c(n1)[C@@H](COCc1c(C)noc1C)OCC2. The number of hydrogen-bond acceptors (Lipinski definition) is 6. The first kappa shape index (κ1) is 16.2. The molecule has 0 N–H and O–H groups in total. The molecule has 0 aliphatic carbocycles. The van der Waals surface area contributed by atoms with Gasteiger partial charge in [-0.15, -0.1) is 0 Å². The maximum absolute atomic E-state index is 5.83. The molecule has 0 amide bonds. The third-order valence-electron chi connectivity index (χ3n) is 4.09. The van der Waals surface area contributed by atoms with Gasteiger partial charge in [-0.1, -0.05) is 5.16 Å². The van der Waals surface area contributed by atoms with Crippen molar-refractivity contribution in [1.29, 1.82) is 0 Å². The number of aromatic nitrogens is 3. The van der Waals surface area contributed by atoms with E-state index >= 15 is 0 Å². The molecular formula is C16H23N3O4. The van der Waals surface area contributed by atoms with Crippen molar-refractivity contribution in [2.45, 2.75) is 39.5 Å². The zero-order valence-electron chi connectivity index (χ0n) is 13.9. The third-order valence-corrected chi connectivity index (χ3v) is 4.09. The lowest BCUT2D eigenvalue weighted by atomic mass is 10.1. The number of methoxy groups -OCH3 is 1. The fourth-order valence-electron chi connectivity index (χ4n) is 2.73. The van der Waals surface area contributed by atoms with Crippen LogP contribution in [-0.4, -0.2) is 41.9 Å². The van der Waals surface area contributed by atoms with Crippen LogP contribution in [0.25, 0.3) is 0 Å². The summed E-state index contributed by atoms with van der Waals surface area (Å²) in [6, 6.07) is 0. The Labute approximate surface area is 135 Å². The van der Waals surface area contributed by atoms with E-state index in [4.69, 9.17) is 18.7 Å². The molecule has 0 saturated heterocycles. The van der Waals surface area contributed by atoms with Crippen molar-refractivity contribution in [3.63, 3.8) is 0 Å². The van der Waals surface area contributed by atoms with Crippen molar-refractivity contribution in [1.82, 2.24) is 14.9 Å². The highest BCUT2D eigenvalue weighted by Crippen LogP contribution is 2.26. The minimum Gasteiger partial charge on any atom is -0.383 e. The summed E-state index contributed by atoms with van der Waals surface area (Å²) < 4.78 is 23.8. The summed E-state index contributed by atoms with van der Waals surface area (Å²) >= 11 is 0. The minimum absolute atomic E-state index is 0.122. The van der Waals surface area contributed by atoms with Gasteiger partial charge in [0.05, 0.1) is 44.4 Å². The molecule has 1 aliphatic heterocycles. The van der Waals surface area contributed by atoms with E-state index in [1.165, 1.54) is 5.56 Å². The summed E-state index contributed by atoms with van der Waals surface area (Å²) in [4.78, 5) is 0. The monoisotopic (exact) mass is 321 g/mol. The number of hydrogen-bond donors (Lipinski definition) is 0. The van der Waals surface area contributed by atoms with E-state index in [9.17, 15) is 0 Å². The Morgan fingerprint density at radius 2 is 2.26 bits per heavy atom. The Morgan fingerprint density at radius 1 is 1.39 bits per heavy atom. The maximum atomic E-state index is 5.83. The number of ether oxygens (including phenoxy) is 3. The van der Waals surface area contributed by atoms with Crippen LogP contribution in [0.4, 0.5) is 0 Å². The van der Waals surface area contributed by atoms with Gasteiger partial charge < -0.3 is 18.7 Å².